The van der Waals surface area contributed by atoms with E-state index in [-0.39, 0.29) is 12.1 Å². The number of carbonyl (C=O) groups is 1. The molecule has 0 aliphatic carbocycles. The van der Waals surface area contributed by atoms with Gasteiger partial charge in [-0.2, -0.15) is 0 Å². The fraction of sp³-hybridized carbons (Fsp3) is 0.429. The van der Waals surface area contributed by atoms with Crippen LogP contribution >= 0.6 is 39.1 Å². The highest BCUT2D eigenvalue weighted by Gasteiger charge is 2.26. The maximum Gasteiger partial charge on any atom is 0.407 e. The molecule has 0 saturated carbocycles. The molecule has 0 radical (unpaired) electrons. The molecular formula is C21H24BrCl2N3O3. The lowest BCUT2D eigenvalue weighted by atomic mass is 10.1. The Bertz CT molecular complexity index is 913. The molecule has 1 amide bonds. The fourth-order valence-corrected chi connectivity index (χ4v) is 4.08. The van der Waals surface area contributed by atoms with Gasteiger partial charge in [-0.3, -0.25) is 0 Å². The number of pyridine rings is 1. The Morgan fingerprint density at radius 3 is 2.53 bits per heavy atom. The molecule has 1 aliphatic heterocycles. The van der Waals surface area contributed by atoms with Crippen LogP contribution in [0.2, 0.25) is 10.0 Å². The maximum absolute atomic E-state index is 12.0. The fourth-order valence-electron chi connectivity index (χ4n) is 3.10. The monoisotopic (exact) mass is 515 g/mol. The molecule has 30 heavy (non-hydrogen) atoms. The van der Waals surface area contributed by atoms with Crippen LogP contribution in [-0.4, -0.2) is 35.8 Å². The first kappa shape index (κ1) is 23.0. The van der Waals surface area contributed by atoms with Gasteiger partial charge in [0.25, 0.3) is 0 Å². The zero-order chi connectivity index (χ0) is 21.9. The predicted octanol–water partition coefficient (Wildman–Crippen LogP) is 6.44. The molecule has 1 saturated heterocycles. The van der Waals surface area contributed by atoms with Gasteiger partial charge in [-0.15, -0.1) is 0 Å². The van der Waals surface area contributed by atoms with E-state index in [1.165, 1.54) is 0 Å². The van der Waals surface area contributed by atoms with E-state index in [9.17, 15) is 4.79 Å². The third-order valence-corrected chi connectivity index (χ3v) is 5.61. The highest BCUT2D eigenvalue weighted by molar-refractivity contribution is 9.10. The average Bonchev–Trinajstić information content (AvgIpc) is 2.65. The maximum atomic E-state index is 12.0. The summed E-state index contributed by atoms with van der Waals surface area (Å²) in [5, 5.41) is 3.84. The van der Waals surface area contributed by atoms with Crippen LogP contribution in [0.5, 0.6) is 11.5 Å². The molecule has 162 valence electrons. The van der Waals surface area contributed by atoms with Crippen molar-refractivity contribution in [3.05, 3.63) is 45.0 Å². The molecule has 2 heterocycles. The number of benzene rings is 1. The topological polar surface area (TPSA) is 63.7 Å². The van der Waals surface area contributed by atoms with Gasteiger partial charge in [-0.25, -0.2) is 9.78 Å². The minimum atomic E-state index is -0.513. The number of alkyl carbamates (subject to hydrolysis) is 1. The predicted molar refractivity (Wildman–Crippen MR) is 123 cm³/mol. The first-order valence-electron chi connectivity index (χ1n) is 9.64. The molecule has 0 spiro atoms. The minimum absolute atomic E-state index is 0.0517. The Labute approximate surface area is 195 Å². The highest BCUT2D eigenvalue weighted by Crippen LogP contribution is 2.38. The second-order valence-corrected chi connectivity index (χ2v) is 9.73. The van der Waals surface area contributed by atoms with Gasteiger partial charge in [0.1, 0.15) is 16.4 Å². The lowest BCUT2D eigenvalue weighted by Crippen LogP contribution is -2.46. The van der Waals surface area contributed by atoms with Crippen molar-refractivity contribution >= 4 is 51.0 Å². The smallest absolute Gasteiger partial charge is 0.407 e. The van der Waals surface area contributed by atoms with Crippen molar-refractivity contribution in [2.75, 3.05) is 18.0 Å². The number of carbonyl (C=O) groups excluding carboxylic acids is 1. The van der Waals surface area contributed by atoms with E-state index in [0.29, 0.717) is 40.5 Å². The van der Waals surface area contributed by atoms with E-state index in [1.54, 1.807) is 24.4 Å². The number of nitrogens with one attached hydrogen (secondary N) is 1. The van der Waals surface area contributed by atoms with Crippen molar-refractivity contribution in [1.82, 2.24) is 10.3 Å². The SMILES string of the molecule is CC(C)(C)OC(=O)NC1CCN(c2nccc(Oc3ccc(Br)cc3Cl)c2Cl)CC1. The Morgan fingerprint density at radius 2 is 1.90 bits per heavy atom. The van der Waals surface area contributed by atoms with Gasteiger partial charge >= 0.3 is 6.09 Å². The number of halogens is 3. The second-order valence-electron chi connectivity index (χ2n) is 8.03. The molecule has 2 aromatic rings. The number of hydrogen-bond acceptors (Lipinski definition) is 5. The zero-order valence-electron chi connectivity index (χ0n) is 17.0. The Morgan fingerprint density at radius 1 is 1.20 bits per heavy atom. The number of nitrogens with zero attached hydrogens (tertiary/aromatic N) is 2. The molecule has 1 fully saturated rings. The van der Waals surface area contributed by atoms with Crippen LogP contribution in [0.15, 0.2) is 34.9 Å². The molecular weight excluding hydrogens is 493 g/mol. The van der Waals surface area contributed by atoms with E-state index in [4.69, 9.17) is 32.7 Å². The second kappa shape index (κ2) is 9.62. The number of hydrogen-bond donors (Lipinski definition) is 1. The molecule has 3 rings (SSSR count). The van der Waals surface area contributed by atoms with Crippen LogP contribution in [0, 0.1) is 0 Å². The van der Waals surface area contributed by atoms with Gasteiger partial charge in [-0.05, 0) is 51.8 Å². The lowest BCUT2D eigenvalue weighted by Gasteiger charge is -2.34. The van der Waals surface area contributed by atoms with Gasteiger partial charge < -0.3 is 19.7 Å². The van der Waals surface area contributed by atoms with Crippen molar-refractivity contribution in [3.63, 3.8) is 0 Å². The minimum Gasteiger partial charge on any atom is -0.454 e. The third kappa shape index (κ3) is 6.15. The average molecular weight is 517 g/mol. The van der Waals surface area contributed by atoms with Crippen LogP contribution in [0.3, 0.4) is 0 Å². The van der Waals surface area contributed by atoms with E-state index < -0.39 is 5.60 Å². The first-order chi connectivity index (χ1) is 14.1. The van der Waals surface area contributed by atoms with E-state index in [0.717, 1.165) is 17.3 Å². The van der Waals surface area contributed by atoms with Crippen LogP contribution in [0.4, 0.5) is 10.6 Å². The zero-order valence-corrected chi connectivity index (χ0v) is 20.1. The third-order valence-electron chi connectivity index (χ3n) is 4.46. The van der Waals surface area contributed by atoms with Gasteiger partial charge in [-0.1, -0.05) is 39.1 Å². The lowest BCUT2D eigenvalue weighted by molar-refractivity contribution is 0.0497. The van der Waals surface area contributed by atoms with Gasteiger partial charge in [0, 0.05) is 35.9 Å². The number of anilines is 1. The molecule has 1 aliphatic rings. The Kier molecular flexibility index (Phi) is 7.37. The van der Waals surface area contributed by atoms with Crippen molar-refractivity contribution in [2.45, 2.75) is 45.3 Å². The van der Waals surface area contributed by atoms with Crippen molar-refractivity contribution in [1.29, 1.82) is 0 Å². The van der Waals surface area contributed by atoms with E-state index in [1.807, 2.05) is 26.8 Å². The van der Waals surface area contributed by atoms with E-state index >= 15 is 0 Å². The summed E-state index contributed by atoms with van der Waals surface area (Å²) in [6.45, 7) is 6.95. The highest BCUT2D eigenvalue weighted by atomic mass is 79.9. The summed E-state index contributed by atoms with van der Waals surface area (Å²) in [7, 11) is 0. The summed E-state index contributed by atoms with van der Waals surface area (Å²) in [6.07, 6.45) is 2.80. The Hall–Kier alpha value is -1.70. The number of ether oxygens (including phenoxy) is 2. The number of piperidine rings is 1. The van der Waals surface area contributed by atoms with Crippen LogP contribution in [-0.2, 0) is 4.74 Å². The van der Waals surface area contributed by atoms with E-state index in [2.05, 4.69) is 31.1 Å². The van der Waals surface area contributed by atoms with Crippen molar-refractivity contribution < 1.29 is 14.3 Å². The molecule has 0 unspecified atom stereocenters. The van der Waals surface area contributed by atoms with Crippen molar-refractivity contribution in [3.8, 4) is 11.5 Å². The van der Waals surface area contributed by atoms with Gasteiger partial charge in [0.05, 0.1) is 5.02 Å². The standard InChI is InChI=1S/C21H24BrCl2N3O3/c1-21(2,3)30-20(28)26-14-7-10-27(11-8-14)19-18(24)17(6-9-25-19)29-16-5-4-13(22)12-15(16)23/h4-6,9,12,14H,7-8,10-11H2,1-3H3,(H,26,28). The number of amides is 1. The summed E-state index contributed by atoms with van der Waals surface area (Å²) in [6, 6.07) is 7.14. The summed E-state index contributed by atoms with van der Waals surface area (Å²) in [5.74, 6) is 1.65. The molecule has 9 heteroatoms. The summed E-state index contributed by atoms with van der Waals surface area (Å²) < 4.78 is 12.1. The van der Waals surface area contributed by atoms with Crippen molar-refractivity contribution in [2.24, 2.45) is 0 Å². The Balaban J connectivity index is 1.64. The molecule has 1 aromatic carbocycles. The first-order valence-corrected chi connectivity index (χ1v) is 11.2. The molecule has 6 nitrogen and oxygen atoms in total. The molecule has 1 N–H and O–H groups in total. The molecule has 0 bridgehead atoms. The summed E-state index contributed by atoms with van der Waals surface area (Å²) >= 11 is 16.2. The largest absolute Gasteiger partial charge is 0.454 e. The van der Waals surface area contributed by atoms with Crippen LogP contribution in [0.1, 0.15) is 33.6 Å². The number of aromatic nitrogens is 1. The molecule has 0 atom stereocenters. The van der Waals surface area contributed by atoms with Gasteiger partial charge in [0.15, 0.2) is 11.6 Å². The molecule has 1 aromatic heterocycles. The van der Waals surface area contributed by atoms with Crippen LogP contribution < -0.4 is 15.0 Å². The summed E-state index contributed by atoms with van der Waals surface area (Å²) in [4.78, 5) is 18.5. The quantitative estimate of drug-likeness (QED) is 0.506. The normalized spacial score (nSPS) is 15.1. The summed E-state index contributed by atoms with van der Waals surface area (Å²) in [5.41, 5.74) is -0.513. The number of rotatable bonds is 4. The van der Waals surface area contributed by atoms with Gasteiger partial charge in [0.2, 0.25) is 0 Å². The van der Waals surface area contributed by atoms with Crippen LogP contribution in [0.25, 0.3) is 0 Å².